The SMILES string of the molecule is CN=C(NCCC1CCCN(C(=O)OC(C)(C)C)C1)NC1CCCC1.I. The molecule has 1 amide bonds. The maximum atomic E-state index is 12.2. The molecular formula is C19H37IN4O2. The van der Waals surface area contributed by atoms with Gasteiger partial charge in [0.05, 0.1) is 0 Å². The third-order valence-electron chi connectivity index (χ3n) is 4.94. The number of nitrogens with zero attached hydrogens (tertiary/aromatic N) is 2. The van der Waals surface area contributed by atoms with Crippen LogP contribution in [0.4, 0.5) is 4.79 Å². The molecular weight excluding hydrogens is 443 g/mol. The minimum absolute atomic E-state index is 0. The number of piperidine rings is 1. The minimum atomic E-state index is -0.427. The predicted molar refractivity (Wildman–Crippen MR) is 117 cm³/mol. The van der Waals surface area contributed by atoms with Gasteiger partial charge in [0.25, 0.3) is 0 Å². The Morgan fingerprint density at radius 2 is 1.88 bits per heavy atom. The number of carbonyl (C=O) groups excluding carboxylic acids is 1. The van der Waals surface area contributed by atoms with Gasteiger partial charge < -0.3 is 20.3 Å². The quantitative estimate of drug-likeness (QED) is 0.366. The molecule has 0 aromatic carbocycles. The van der Waals surface area contributed by atoms with E-state index in [1.54, 1.807) is 0 Å². The summed E-state index contributed by atoms with van der Waals surface area (Å²) in [6.07, 6.45) is 8.22. The second-order valence-corrected chi connectivity index (χ2v) is 8.35. The van der Waals surface area contributed by atoms with Gasteiger partial charge in [-0.3, -0.25) is 4.99 Å². The van der Waals surface area contributed by atoms with Crippen LogP contribution in [0.1, 0.15) is 65.7 Å². The highest BCUT2D eigenvalue weighted by Crippen LogP contribution is 2.21. The molecule has 0 spiro atoms. The molecule has 0 aromatic heterocycles. The van der Waals surface area contributed by atoms with Crippen molar-refractivity contribution in [3.8, 4) is 0 Å². The third kappa shape index (κ3) is 8.31. The maximum Gasteiger partial charge on any atom is 0.410 e. The molecule has 1 heterocycles. The van der Waals surface area contributed by atoms with Crippen molar-refractivity contribution in [2.75, 3.05) is 26.7 Å². The molecule has 0 radical (unpaired) electrons. The molecule has 7 heteroatoms. The standard InChI is InChI=1S/C19H36N4O2.HI/c1-19(2,3)25-18(24)23-13-7-8-15(14-23)11-12-21-17(20-4)22-16-9-5-6-10-16;/h15-16H,5-14H2,1-4H3,(H2,20,21,22);1H. The van der Waals surface area contributed by atoms with Crippen molar-refractivity contribution in [2.45, 2.75) is 77.4 Å². The van der Waals surface area contributed by atoms with Gasteiger partial charge in [0.15, 0.2) is 5.96 Å². The van der Waals surface area contributed by atoms with E-state index in [2.05, 4.69) is 15.6 Å². The Morgan fingerprint density at radius 1 is 1.19 bits per heavy atom. The number of nitrogens with one attached hydrogen (secondary N) is 2. The van der Waals surface area contributed by atoms with E-state index in [4.69, 9.17) is 4.74 Å². The Morgan fingerprint density at radius 3 is 2.50 bits per heavy atom. The second kappa shape index (κ2) is 11.2. The van der Waals surface area contributed by atoms with Crippen LogP contribution in [0.15, 0.2) is 4.99 Å². The fourth-order valence-corrected chi connectivity index (χ4v) is 3.65. The van der Waals surface area contributed by atoms with E-state index >= 15 is 0 Å². The maximum absolute atomic E-state index is 12.2. The fraction of sp³-hybridized carbons (Fsp3) is 0.895. The van der Waals surface area contributed by atoms with E-state index < -0.39 is 5.60 Å². The summed E-state index contributed by atoms with van der Waals surface area (Å²) in [6, 6.07) is 0.573. The van der Waals surface area contributed by atoms with Crippen LogP contribution in [-0.2, 0) is 4.74 Å². The summed E-state index contributed by atoms with van der Waals surface area (Å²) in [6.45, 7) is 8.24. The van der Waals surface area contributed by atoms with Gasteiger partial charge in [-0.1, -0.05) is 12.8 Å². The molecule has 0 bridgehead atoms. The number of halogens is 1. The molecule has 2 aliphatic rings. The highest BCUT2D eigenvalue weighted by molar-refractivity contribution is 14.0. The van der Waals surface area contributed by atoms with Crippen molar-refractivity contribution in [2.24, 2.45) is 10.9 Å². The minimum Gasteiger partial charge on any atom is -0.444 e. The zero-order valence-electron chi connectivity index (χ0n) is 16.8. The van der Waals surface area contributed by atoms with E-state index in [1.807, 2.05) is 32.7 Å². The fourth-order valence-electron chi connectivity index (χ4n) is 3.65. The normalized spacial score (nSPS) is 21.9. The molecule has 2 rings (SSSR count). The number of hydrogen-bond donors (Lipinski definition) is 2. The smallest absolute Gasteiger partial charge is 0.410 e. The molecule has 1 saturated carbocycles. The average molecular weight is 480 g/mol. The topological polar surface area (TPSA) is 66.0 Å². The second-order valence-electron chi connectivity index (χ2n) is 8.35. The van der Waals surface area contributed by atoms with Crippen LogP contribution in [0.3, 0.4) is 0 Å². The Balaban J connectivity index is 0.00000338. The first-order valence-corrected chi connectivity index (χ1v) is 9.82. The average Bonchev–Trinajstić information content (AvgIpc) is 3.05. The summed E-state index contributed by atoms with van der Waals surface area (Å²) >= 11 is 0. The number of amides is 1. The van der Waals surface area contributed by atoms with Gasteiger partial charge in [0.1, 0.15) is 5.60 Å². The van der Waals surface area contributed by atoms with Crippen LogP contribution in [0.5, 0.6) is 0 Å². The molecule has 1 unspecified atom stereocenters. The number of likely N-dealkylation sites (tertiary alicyclic amines) is 1. The van der Waals surface area contributed by atoms with E-state index in [1.165, 1.54) is 32.1 Å². The molecule has 1 aliphatic carbocycles. The van der Waals surface area contributed by atoms with Gasteiger partial charge in [-0.25, -0.2) is 4.79 Å². The van der Waals surface area contributed by atoms with Gasteiger partial charge in [0.2, 0.25) is 0 Å². The molecule has 152 valence electrons. The first-order chi connectivity index (χ1) is 11.9. The molecule has 2 N–H and O–H groups in total. The molecule has 1 saturated heterocycles. The van der Waals surface area contributed by atoms with Crippen LogP contribution in [0.25, 0.3) is 0 Å². The predicted octanol–water partition coefficient (Wildman–Crippen LogP) is 3.75. The largest absolute Gasteiger partial charge is 0.444 e. The van der Waals surface area contributed by atoms with Crippen LogP contribution >= 0.6 is 24.0 Å². The molecule has 2 fully saturated rings. The van der Waals surface area contributed by atoms with Crippen molar-refractivity contribution in [3.05, 3.63) is 0 Å². The number of ether oxygens (including phenoxy) is 1. The lowest BCUT2D eigenvalue weighted by atomic mass is 9.95. The van der Waals surface area contributed by atoms with Crippen LogP contribution < -0.4 is 10.6 Å². The van der Waals surface area contributed by atoms with Crippen LogP contribution in [-0.4, -0.2) is 55.3 Å². The zero-order chi connectivity index (χ0) is 18.3. The summed E-state index contributed by atoms with van der Waals surface area (Å²) in [4.78, 5) is 18.4. The molecule has 6 nitrogen and oxygen atoms in total. The van der Waals surface area contributed by atoms with Crippen molar-refractivity contribution in [1.82, 2.24) is 15.5 Å². The lowest BCUT2D eigenvalue weighted by Crippen LogP contribution is -2.45. The van der Waals surface area contributed by atoms with Crippen molar-refractivity contribution in [1.29, 1.82) is 0 Å². The highest BCUT2D eigenvalue weighted by atomic mass is 127. The first kappa shape index (κ1) is 23.3. The van der Waals surface area contributed by atoms with E-state index in [-0.39, 0.29) is 30.1 Å². The first-order valence-electron chi connectivity index (χ1n) is 9.82. The number of rotatable bonds is 4. The molecule has 1 aliphatic heterocycles. The van der Waals surface area contributed by atoms with Crippen molar-refractivity contribution in [3.63, 3.8) is 0 Å². The number of hydrogen-bond acceptors (Lipinski definition) is 3. The summed E-state index contributed by atoms with van der Waals surface area (Å²) in [5, 5.41) is 6.94. The van der Waals surface area contributed by atoms with Gasteiger partial charge in [-0.15, -0.1) is 24.0 Å². The summed E-state index contributed by atoms with van der Waals surface area (Å²) in [5.41, 5.74) is -0.427. The number of carbonyl (C=O) groups is 1. The number of guanidine groups is 1. The molecule has 0 aromatic rings. The summed E-state index contributed by atoms with van der Waals surface area (Å²) in [7, 11) is 1.83. The third-order valence-corrected chi connectivity index (χ3v) is 4.94. The van der Waals surface area contributed by atoms with E-state index in [0.29, 0.717) is 12.0 Å². The Kier molecular flexibility index (Phi) is 10.0. The van der Waals surface area contributed by atoms with Gasteiger partial charge in [0, 0.05) is 32.7 Å². The summed E-state index contributed by atoms with van der Waals surface area (Å²) < 4.78 is 5.50. The Hall–Kier alpha value is -0.730. The lowest BCUT2D eigenvalue weighted by molar-refractivity contribution is 0.0162. The van der Waals surface area contributed by atoms with Crippen molar-refractivity contribution < 1.29 is 9.53 Å². The van der Waals surface area contributed by atoms with E-state index in [9.17, 15) is 4.79 Å². The van der Waals surface area contributed by atoms with Gasteiger partial charge >= 0.3 is 6.09 Å². The van der Waals surface area contributed by atoms with E-state index in [0.717, 1.165) is 38.4 Å². The summed E-state index contributed by atoms with van der Waals surface area (Å²) in [5.74, 6) is 1.44. The monoisotopic (exact) mass is 480 g/mol. The highest BCUT2D eigenvalue weighted by Gasteiger charge is 2.27. The van der Waals surface area contributed by atoms with Crippen LogP contribution in [0, 0.1) is 5.92 Å². The molecule has 26 heavy (non-hydrogen) atoms. The zero-order valence-corrected chi connectivity index (χ0v) is 19.2. The molecule has 1 atom stereocenters. The Labute approximate surface area is 175 Å². The van der Waals surface area contributed by atoms with Crippen molar-refractivity contribution >= 4 is 36.0 Å². The Bertz CT molecular complexity index is 459. The van der Waals surface area contributed by atoms with Gasteiger partial charge in [-0.05, 0) is 58.8 Å². The lowest BCUT2D eigenvalue weighted by Gasteiger charge is -2.34. The van der Waals surface area contributed by atoms with Gasteiger partial charge in [-0.2, -0.15) is 0 Å². The van der Waals surface area contributed by atoms with Crippen LogP contribution in [0.2, 0.25) is 0 Å². The number of aliphatic imine (C=N–C) groups is 1.